The van der Waals surface area contributed by atoms with Gasteiger partial charge in [-0.1, -0.05) is 12.2 Å². The Morgan fingerprint density at radius 3 is 2.62 bits per heavy atom. The van der Waals surface area contributed by atoms with Gasteiger partial charge in [0.2, 0.25) is 0 Å². The Bertz CT molecular complexity index is 424. The van der Waals surface area contributed by atoms with Crippen LogP contribution in [0.15, 0.2) is 30.4 Å². The molecular weight excluding hydrogens is 202 g/mol. The molecule has 0 aliphatic heterocycles. The number of hydrogen-bond acceptors (Lipinski definition) is 2. The van der Waals surface area contributed by atoms with Crippen LogP contribution >= 0.6 is 0 Å². The summed E-state index contributed by atoms with van der Waals surface area (Å²) in [6.45, 7) is 7.96. The molecule has 1 amide bonds. The number of phenolic OH excluding ortho intramolecular Hbond substituents is 1. The van der Waals surface area contributed by atoms with E-state index < -0.39 is 0 Å². The van der Waals surface area contributed by atoms with E-state index in [1.165, 1.54) is 6.07 Å². The first-order valence-electron chi connectivity index (χ1n) is 5.11. The molecule has 0 atom stereocenters. The largest absolute Gasteiger partial charge is 0.508 e. The zero-order valence-corrected chi connectivity index (χ0v) is 9.95. The third-order valence-corrected chi connectivity index (χ3v) is 2.30. The van der Waals surface area contributed by atoms with Gasteiger partial charge in [-0.25, -0.2) is 0 Å². The standard InChI is InChI=1S/C13H17NO2/c1-9(2)8-14(4)13(16)11-5-6-12(15)10(3)7-11/h5-7,15H,1,8H2,2-4H3. The van der Waals surface area contributed by atoms with Gasteiger partial charge < -0.3 is 10.0 Å². The van der Waals surface area contributed by atoms with Gasteiger partial charge in [-0.15, -0.1) is 0 Å². The second-order valence-corrected chi connectivity index (χ2v) is 4.12. The molecule has 0 unspecified atom stereocenters. The SMILES string of the molecule is C=C(C)CN(C)C(=O)c1ccc(O)c(C)c1. The maximum Gasteiger partial charge on any atom is 0.253 e. The Labute approximate surface area is 96.0 Å². The second-order valence-electron chi connectivity index (χ2n) is 4.12. The van der Waals surface area contributed by atoms with E-state index in [-0.39, 0.29) is 11.7 Å². The Morgan fingerprint density at radius 1 is 1.50 bits per heavy atom. The van der Waals surface area contributed by atoms with E-state index in [4.69, 9.17) is 0 Å². The predicted molar refractivity (Wildman–Crippen MR) is 64.6 cm³/mol. The number of rotatable bonds is 3. The third-order valence-electron chi connectivity index (χ3n) is 2.30. The van der Waals surface area contributed by atoms with Gasteiger partial charge >= 0.3 is 0 Å². The molecule has 0 aliphatic carbocycles. The zero-order chi connectivity index (χ0) is 12.3. The summed E-state index contributed by atoms with van der Waals surface area (Å²) in [5.41, 5.74) is 2.22. The number of hydrogen-bond donors (Lipinski definition) is 1. The van der Waals surface area contributed by atoms with Crippen LogP contribution in [-0.2, 0) is 0 Å². The maximum absolute atomic E-state index is 11.9. The van der Waals surface area contributed by atoms with Crippen LogP contribution in [0.2, 0.25) is 0 Å². The molecule has 1 aromatic rings. The van der Waals surface area contributed by atoms with Gasteiger partial charge in [-0.3, -0.25) is 4.79 Å². The van der Waals surface area contributed by atoms with Crippen LogP contribution in [0.3, 0.4) is 0 Å². The fourth-order valence-corrected chi connectivity index (χ4v) is 1.49. The van der Waals surface area contributed by atoms with Crippen molar-refractivity contribution in [1.82, 2.24) is 4.90 Å². The molecule has 1 aromatic carbocycles. The van der Waals surface area contributed by atoms with E-state index in [1.807, 2.05) is 6.92 Å². The molecule has 86 valence electrons. The fourth-order valence-electron chi connectivity index (χ4n) is 1.49. The van der Waals surface area contributed by atoms with E-state index in [2.05, 4.69) is 6.58 Å². The highest BCUT2D eigenvalue weighted by molar-refractivity contribution is 5.94. The summed E-state index contributed by atoms with van der Waals surface area (Å²) in [6.07, 6.45) is 0. The molecule has 0 radical (unpaired) electrons. The molecule has 3 nitrogen and oxygen atoms in total. The van der Waals surface area contributed by atoms with Gasteiger partial charge in [0.15, 0.2) is 0 Å². The highest BCUT2D eigenvalue weighted by atomic mass is 16.3. The quantitative estimate of drug-likeness (QED) is 0.793. The van der Waals surface area contributed by atoms with Gasteiger partial charge in [0, 0.05) is 19.2 Å². The molecule has 0 spiro atoms. The van der Waals surface area contributed by atoms with Crippen molar-refractivity contribution >= 4 is 5.91 Å². The normalized spacial score (nSPS) is 9.94. The monoisotopic (exact) mass is 219 g/mol. The second kappa shape index (κ2) is 4.84. The van der Waals surface area contributed by atoms with Crippen molar-refractivity contribution in [1.29, 1.82) is 0 Å². The van der Waals surface area contributed by atoms with E-state index in [1.54, 1.807) is 31.0 Å². The van der Waals surface area contributed by atoms with Crippen molar-refractivity contribution in [3.63, 3.8) is 0 Å². The van der Waals surface area contributed by atoms with Crippen LogP contribution in [0.25, 0.3) is 0 Å². The number of nitrogens with zero attached hydrogens (tertiary/aromatic N) is 1. The highest BCUT2D eigenvalue weighted by Crippen LogP contribution is 2.17. The summed E-state index contributed by atoms with van der Waals surface area (Å²) >= 11 is 0. The average molecular weight is 219 g/mol. The zero-order valence-electron chi connectivity index (χ0n) is 9.95. The summed E-state index contributed by atoms with van der Waals surface area (Å²) in [6, 6.07) is 4.85. The molecule has 0 bridgehead atoms. The number of phenols is 1. The fraction of sp³-hybridized carbons (Fsp3) is 0.308. The van der Waals surface area contributed by atoms with Gasteiger partial charge in [0.25, 0.3) is 5.91 Å². The van der Waals surface area contributed by atoms with Crippen molar-refractivity contribution in [2.24, 2.45) is 0 Å². The lowest BCUT2D eigenvalue weighted by Crippen LogP contribution is -2.28. The maximum atomic E-state index is 11.9. The summed E-state index contributed by atoms with van der Waals surface area (Å²) < 4.78 is 0. The van der Waals surface area contributed by atoms with E-state index in [9.17, 15) is 9.90 Å². The van der Waals surface area contributed by atoms with E-state index in [0.29, 0.717) is 17.7 Å². The van der Waals surface area contributed by atoms with E-state index in [0.717, 1.165) is 5.57 Å². The smallest absolute Gasteiger partial charge is 0.253 e. The predicted octanol–water partition coefficient (Wildman–Crippen LogP) is 2.35. The lowest BCUT2D eigenvalue weighted by Gasteiger charge is -2.17. The molecule has 0 saturated heterocycles. The van der Waals surface area contributed by atoms with Crippen molar-refractivity contribution in [2.75, 3.05) is 13.6 Å². The minimum Gasteiger partial charge on any atom is -0.508 e. The van der Waals surface area contributed by atoms with Gasteiger partial charge in [-0.05, 0) is 37.6 Å². The molecule has 0 aliphatic rings. The topological polar surface area (TPSA) is 40.5 Å². The number of aromatic hydroxyl groups is 1. The van der Waals surface area contributed by atoms with Crippen molar-refractivity contribution in [2.45, 2.75) is 13.8 Å². The molecule has 3 heteroatoms. The Morgan fingerprint density at radius 2 is 2.12 bits per heavy atom. The van der Waals surface area contributed by atoms with Crippen molar-refractivity contribution in [3.05, 3.63) is 41.5 Å². The highest BCUT2D eigenvalue weighted by Gasteiger charge is 2.12. The summed E-state index contributed by atoms with van der Waals surface area (Å²) in [4.78, 5) is 13.6. The van der Waals surface area contributed by atoms with Crippen molar-refractivity contribution in [3.8, 4) is 5.75 Å². The van der Waals surface area contributed by atoms with E-state index >= 15 is 0 Å². The lowest BCUT2D eigenvalue weighted by atomic mass is 10.1. The first-order chi connectivity index (χ1) is 7.41. The minimum atomic E-state index is -0.0638. The van der Waals surface area contributed by atoms with Gasteiger partial charge in [0.1, 0.15) is 5.75 Å². The number of carbonyl (C=O) groups excluding carboxylic acids is 1. The van der Waals surface area contributed by atoms with Crippen LogP contribution in [-0.4, -0.2) is 29.5 Å². The van der Waals surface area contributed by atoms with Crippen LogP contribution in [0.4, 0.5) is 0 Å². The molecular formula is C13H17NO2. The third kappa shape index (κ3) is 2.86. The number of likely N-dealkylation sites (N-methyl/N-ethyl adjacent to an activating group) is 1. The number of aryl methyl sites for hydroxylation is 1. The molecule has 1 rings (SSSR count). The Balaban J connectivity index is 2.88. The van der Waals surface area contributed by atoms with Crippen molar-refractivity contribution < 1.29 is 9.90 Å². The Kier molecular flexibility index (Phi) is 3.72. The molecule has 0 saturated carbocycles. The number of carbonyl (C=O) groups is 1. The van der Waals surface area contributed by atoms with Crippen LogP contribution in [0, 0.1) is 6.92 Å². The summed E-state index contributed by atoms with van der Waals surface area (Å²) in [5, 5.41) is 9.37. The molecule has 0 heterocycles. The number of benzene rings is 1. The molecule has 0 aromatic heterocycles. The Hall–Kier alpha value is -1.77. The molecule has 1 N–H and O–H groups in total. The van der Waals surface area contributed by atoms with Gasteiger partial charge in [-0.2, -0.15) is 0 Å². The lowest BCUT2D eigenvalue weighted by molar-refractivity contribution is 0.0807. The van der Waals surface area contributed by atoms with Crippen LogP contribution in [0.5, 0.6) is 5.75 Å². The molecule has 16 heavy (non-hydrogen) atoms. The minimum absolute atomic E-state index is 0.0638. The summed E-state index contributed by atoms with van der Waals surface area (Å²) in [7, 11) is 1.74. The summed E-state index contributed by atoms with van der Waals surface area (Å²) in [5.74, 6) is 0.144. The first kappa shape index (κ1) is 12.3. The van der Waals surface area contributed by atoms with Gasteiger partial charge in [0.05, 0.1) is 0 Å². The van der Waals surface area contributed by atoms with Crippen LogP contribution in [0.1, 0.15) is 22.8 Å². The number of amides is 1. The first-order valence-corrected chi connectivity index (χ1v) is 5.11. The molecule has 0 fully saturated rings. The average Bonchev–Trinajstić information content (AvgIpc) is 2.20. The van der Waals surface area contributed by atoms with Crippen LogP contribution < -0.4 is 0 Å².